The van der Waals surface area contributed by atoms with Crippen LogP contribution in [0.3, 0.4) is 0 Å². The Morgan fingerprint density at radius 1 is 1.00 bits per heavy atom. The fraction of sp³-hybridized carbons (Fsp3) is 1.00. The van der Waals surface area contributed by atoms with Crippen LogP contribution in [0.25, 0.3) is 0 Å². The van der Waals surface area contributed by atoms with Crippen molar-refractivity contribution in [1.29, 1.82) is 0 Å². The van der Waals surface area contributed by atoms with Crippen LogP contribution in [0.2, 0.25) is 0 Å². The lowest BCUT2D eigenvalue weighted by atomic mass is 10.2. The van der Waals surface area contributed by atoms with Gasteiger partial charge in [-0.3, -0.25) is 0 Å². The quantitative estimate of drug-likeness (QED) is 0.586. The predicted octanol–water partition coefficient (Wildman–Crippen LogP) is 2.11. The molecule has 15 heavy (non-hydrogen) atoms. The lowest BCUT2D eigenvalue weighted by Crippen LogP contribution is -2.29. The Balaban J connectivity index is 1.57. The van der Waals surface area contributed by atoms with Gasteiger partial charge in [-0.15, -0.1) is 0 Å². The molecule has 2 rings (SSSR count). The Bertz CT molecular complexity index is 159. The lowest BCUT2D eigenvalue weighted by Gasteiger charge is -2.21. The number of nitrogens with zero attached hydrogens (tertiary/aromatic N) is 1. The highest BCUT2D eigenvalue weighted by atomic mass is 15.1. The standard InChI is InChI=1S/C13H26N2/c1-14-8-2-3-9-15(10-12-4-5-12)11-13-6-7-13/h12-14H,2-11H2,1H3. The average molecular weight is 210 g/mol. The smallest absolute Gasteiger partial charge is 0.000978 e. The number of hydrogen-bond donors (Lipinski definition) is 1. The third kappa shape index (κ3) is 4.98. The molecule has 0 radical (unpaired) electrons. The number of unbranched alkanes of at least 4 members (excludes halogenated alkanes) is 1. The van der Waals surface area contributed by atoms with E-state index >= 15 is 0 Å². The van der Waals surface area contributed by atoms with E-state index in [-0.39, 0.29) is 0 Å². The molecule has 0 bridgehead atoms. The van der Waals surface area contributed by atoms with Crippen LogP contribution in [0, 0.1) is 11.8 Å². The van der Waals surface area contributed by atoms with Gasteiger partial charge in [0.2, 0.25) is 0 Å². The molecule has 2 aliphatic carbocycles. The molecule has 1 N–H and O–H groups in total. The highest BCUT2D eigenvalue weighted by Gasteiger charge is 2.28. The molecule has 2 nitrogen and oxygen atoms in total. The highest BCUT2D eigenvalue weighted by Crippen LogP contribution is 2.33. The summed E-state index contributed by atoms with van der Waals surface area (Å²) in [5.74, 6) is 2.13. The van der Waals surface area contributed by atoms with Crippen molar-refractivity contribution in [3.05, 3.63) is 0 Å². The summed E-state index contributed by atoms with van der Waals surface area (Å²) in [4.78, 5) is 2.74. The summed E-state index contributed by atoms with van der Waals surface area (Å²) < 4.78 is 0. The van der Waals surface area contributed by atoms with E-state index in [1.54, 1.807) is 0 Å². The second-order valence-electron chi connectivity index (χ2n) is 5.46. The largest absolute Gasteiger partial charge is 0.320 e. The molecule has 0 saturated heterocycles. The van der Waals surface area contributed by atoms with Crippen LogP contribution in [0.5, 0.6) is 0 Å². The van der Waals surface area contributed by atoms with Gasteiger partial charge in [0.1, 0.15) is 0 Å². The molecule has 0 aromatic carbocycles. The van der Waals surface area contributed by atoms with Gasteiger partial charge in [-0.2, -0.15) is 0 Å². The van der Waals surface area contributed by atoms with Crippen LogP contribution in [0.1, 0.15) is 38.5 Å². The van der Waals surface area contributed by atoms with Crippen molar-refractivity contribution in [2.45, 2.75) is 38.5 Å². The van der Waals surface area contributed by atoms with Gasteiger partial charge in [0.25, 0.3) is 0 Å². The fourth-order valence-corrected chi connectivity index (χ4v) is 2.23. The molecular weight excluding hydrogens is 184 g/mol. The van der Waals surface area contributed by atoms with Gasteiger partial charge in [0.05, 0.1) is 0 Å². The van der Waals surface area contributed by atoms with Crippen LogP contribution in [-0.2, 0) is 0 Å². The maximum Gasteiger partial charge on any atom is 0.000978 e. The second-order valence-corrected chi connectivity index (χ2v) is 5.46. The summed E-state index contributed by atoms with van der Waals surface area (Å²) in [5, 5.41) is 3.23. The predicted molar refractivity (Wildman–Crippen MR) is 65.0 cm³/mol. The monoisotopic (exact) mass is 210 g/mol. The first-order valence-corrected chi connectivity index (χ1v) is 6.75. The van der Waals surface area contributed by atoms with E-state index in [9.17, 15) is 0 Å². The molecule has 0 aromatic rings. The Morgan fingerprint density at radius 2 is 1.60 bits per heavy atom. The van der Waals surface area contributed by atoms with Crippen LogP contribution >= 0.6 is 0 Å². The average Bonchev–Trinajstić information content (AvgIpc) is 3.07. The van der Waals surface area contributed by atoms with Crippen LogP contribution < -0.4 is 5.32 Å². The summed E-state index contributed by atoms with van der Waals surface area (Å²) in [6, 6.07) is 0. The molecule has 2 fully saturated rings. The van der Waals surface area contributed by atoms with Crippen molar-refractivity contribution in [3.8, 4) is 0 Å². The minimum atomic E-state index is 1.06. The van der Waals surface area contributed by atoms with E-state index in [4.69, 9.17) is 0 Å². The minimum Gasteiger partial charge on any atom is -0.320 e. The summed E-state index contributed by atoms with van der Waals surface area (Å²) in [6.45, 7) is 5.32. The van der Waals surface area contributed by atoms with E-state index in [0.29, 0.717) is 0 Å². The van der Waals surface area contributed by atoms with Crippen LogP contribution in [0.15, 0.2) is 0 Å². The normalized spacial score (nSPS) is 21.2. The first-order valence-electron chi connectivity index (χ1n) is 6.75. The Hall–Kier alpha value is -0.0800. The van der Waals surface area contributed by atoms with Gasteiger partial charge < -0.3 is 10.2 Å². The third-order valence-corrected chi connectivity index (χ3v) is 3.58. The van der Waals surface area contributed by atoms with Crippen molar-refractivity contribution in [3.63, 3.8) is 0 Å². The molecule has 2 saturated carbocycles. The third-order valence-electron chi connectivity index (χ3n) is 3.58. The van der Waals surface area contributed by atoms with Gasteiger partial charge in [-0.05, 0) is 70.5 Å². The van der Waals surface area contributed by atoms with Crippen molar-refractivity contribution in [2.24, 2.45) is 11.8 Å². The van der Waals surface area contributed by atoms with E-state index in [1.165, 1.54) is 64.7 Å². The fourth-order valence-electron chi connectivity index (χ4n) is 2.23. The van der Waals surface area contributed by atoms with Crippen molar-refractivity contribution >= 4 is 0 Å². The van der Waals surface area contributed by atoms with Gasteiger partial charge >= 0.3 is 0 Å². The zero-order chi connectivity index (χ0) is 10.5. The van der Waals surface area contributed by atoms with Crippen molar-refractivity contribution in [2.75, 3.05) is 33.2 Å². The summed E-state index contributed by atoms with van der Waals surface area (Å²) in [5.41, 5.74) is 0. The lowest BCUT2D eigenvalue weighted by molar-refractivity contribution is 0.247. The Kier molecular flexibility index (Phi) is 4.45. The molecule has 0 aliphatic heterocycles. The summed E-state index contributed by atoms with van der Waals surface area (Å²) in [6.07, 6.45) is 8.70. The second kappa shape index (κ2) is 5.86. The zero-order valence-corrected chi connectivity index (χ0v) is 10.2. The summed E-state index contributed by atoms with van der Waals surface area (Å²) >= 11 is 0. The molecule has 2 aliphatic rings. The Morgan fingerprint density at radius 3 is 2.07 bits per heavy atom. The minimum absolute atomic E-state index is 1.06. The van der Waals surface area contributed by atoms with E-state index in [1.807, 2.05) is 7.05 Å². The first-order chi connectivity index (χ1) is 7.38. The number of hydrogen-bond acceptors (Lipinski definition) is 2. The molecule has 0 aromatic heterocycles. The Labute approximate surface area is 94.4 Å². The molecule has 0 spiro atoms. The molecule has 2 heteroatoms. The topological polar surface area (TPSA) is 15.3 Å². The summed E-state index contributed by atoms with van der Waals surface area (Å²) in [7, 11) is 2.05. The molecular formula is C13H26N2. The van der Waals surface area contributed by atoms with Gasteiger partial charge in [0, 0.05) is 13.1 Å². The maximum atomic E-state index is 3.23. The molecule has 0 heterocycles. The van der Waals surface area contributed by atoms with E-state index < -0.39 is 0 Å². The van der Waals surface area contributed by atoms with E-state index in [2.05, 4.69) is 10.2 Å². The highest BCUT2D eigenvalue weighted by molar-refractivity contribution is 4.82. The SMILES string of the molecule is CNCCCCN(CC1CC1)CC1CC1. The van der Waals surface area contributed by atoms with Crippen molar-refractivity contribution < 1.29 is 0 Å². The maximum absolute atomic E-state index is 3.23. The van der Waals surface area contributed by atoms with Gasteiger partial charge in [0.15, 0.2) is 0 Å². The van der Waals surface area contributed by atoms with E-state index in [0.717, 1.165) is 11.8 Å². The molecule has 0 unspecified atom stereocenters. The first kappa shape index (κ1) is 11.4. The van der Waals surface area contributed by atoms with Crippen LogP contribution in [-0.4, -0.2) is 38.1 Å². The van der Waals surface area contributed by atoms with Gasteiger partial charge in [-0.25, -0.2) is 0 Å². The number of rotatable bonds is 9. The van der Waals surface area contributed by atoms with Crippen LogP contribution in [0.4, 0.5) is 0 Å². The molecule has 0 amide bonds. The number of nitrogens with one attached hydrogen (secondary N) is 1. The molecule has 88 valence electrons. The van der Waals surface area contributed by atoms with Gasteiger partial charge in [-0.1, -0.05) is 0 Å². The van der Waals surface area contributed by atoms with Crippen molar-refractivity contribution in [1.82, 2.24) is 10.2 Å². The zero-order valence-electron chi connectivity index (χ0n) is 10.2. The molecule has 0 atom stereocenters.